The summed E-state index contributed by atoms with van der Waals surface area (Å²) in [6.07, 6.45) is 2.36. The van der Waals surface area contributed by atoms with Gasteiger partial charge in [-0.3, -0.25) is 9.59 Å². The first kappa shape index (κ1) is 40.8. The van der Waals surface area contributed by atoms with E-state index in [0.717, 1.165) is 24.7 Å². The molecule has 0 spiro atoms. The second-order valence-corrected chi connectivity index (χ2v) is 15.1. The maximum atomic E-state index is 14.8. The lowest BCUT2D eigenvalue weighted by atomic mass is 9.70. The number of esters is 2. The highest BCUT2D eigenvalue weighted by Gasteiger charge is 2.64. The minimum atomic E-state index is -5.13. The third kappa shape index (κ3) is 8.79. The highest BCUT2D eigenvalue weighted by Crippen LogP contribution is 2.51. The molecule has 10 heteroatoms. The molecule has 0 bridgehead atoms. The van der Waals surface area contributed by atoms with Gasteiger partial charge < -0.3 is 19.3 Å². The zero-order valence-electron chi connectivity index (χ0n) is 30.8. The van der Waals surface area contributed by atoms with Crippen molar-refractivity contribution in [1.29, 1.82) is 0 Å². The molecule has 7 nitrogen and oxygen atoms in total. The summed E-state index contributed by atoms with van der Waals surface area (Å²) in [5.41, 5.74) is -2.49. The molecule has 2 aliphatic carbocycles. The molecule has 0 fully saturated rings. The van der Waals surface area contributed by atoms with Crippen LogP contribution in [0.25, 0.3) is 0 Å². The van der Waals surface area contributed by atoms with Crippen LogP contribution in [0.4, 0.5) is 13.2 Å². The number of allylic oxidation sites excluding steroid dienone is 6. The lowest BCUT2D eigenvalue weighted by molar-refractivity contribution is -0.277. The number of hydrogen-bond donors (Lipinski definition) is 1. The highest BCUT2D eigenvalue weighted by molar-refractivity contribution is 6.02. The van der Waals surface area contributed by atoms with Crippen LogP contribution in [0.3, 0.4) is 0 Å². The van der Waals surface area contributed by atoms with Crippen molar-refractivity contribution in [3.8, 4) is 0 Å². The predicted molar refractivity (Wildman–Crippen MR) is 186 cm³/mol. The molecule has 0 unspecified atom stereocenters. The van der Waals surface area contributed by atoms with E-state index in [9.17, 15) is 32.7 Å². The number of aliphatic hydroxyl groups excluding tert-OH is 1. The van der Waals surface area contributed by atoms with Crippen molar-refractivity contribution in [2.75, 3.05) is 13.7 Å². The van der Waals surface area contributed by atoms with Crippen molar-refractivity contribution in [3.63, 3.8) is 0 Å². The number of alkyl halides is 3. The van der Waals surface area contributed by atoms with Crippen LogP contribution in [-0.2, 0) is 34.2 Å². The van der Waals surface area contributed by atoms with E-state index in [1.165, 1.54) is 24.3 Å². The smallest absolute Gasteiger partial charge is 0.432 e. The number of halogens is 3. The minimum Gasteiger partial charge on any atom is -0.504 e. The largest absolute Gasteiger partial charge is 0.504 e. The number of carbonyl (C=O) groups is 3. The van der Waals surface area contributed by atoms with E-state index in [-0.39, 0.29) is 25.2 Å². The van der Waals surface area contributed by atoms with Gasteiger partial charge >= 0.3 is 18.1 Å². The number of aliphatic hydroxyl groups is 1. The Morgan fingerprint density at radius 3 is 2.18 bits per heavy atom. The molecule has 2 aliphatic rings. The molecule has 0 amide bonds. The molecule has 0 aliphatic heterocycles. The third-order valence-electron chi connectivity index (χ3n) is 10.1. The number of methoxy groups -OCH3 is 1. The number of rotatable bonds is 7. The molecule has 50 heavy (non-hydrogen) atoms. The maximum Gasteiger partial charge on any atom is 0.432 e. The Labute approximate surface area is 294 Å². The van der Waals surface area contributed by atoms with Gasteiger partial charge in [0.2, 0.25) is 5.78 Å². The number of benzene rings is 1. The topological polar surface area (TPSA) is 99.1 Å². The number of ether oxygens (including phenoxy) is 3. The lowest BCUT2D eigenvalue weighted by Gasteiger charge is -2.34. The molecule has 0 aromatic heterocycles. The summed E-state index contributed by atoms with van der Waals surface area (Å²) in [7, 11) is 0.835. The molecular formula is C40H53F3O7. The second kappa shape index (κ2) is 16.1. The second-order valence-electron chi connectivity index (χ2n) is 15.1. The summed E-state index contributed by atoms with van der Waals surface area (Å²) in [6.45, 7) is 14.4. The van der Waals surface area contributed by atoms with Crippen LogP contribution in [0.1, 0.15) is 99.5 Å². The van der Waals surface area contributed by atoms with Gasteiger partial charge in [0.15, 0.2) is 5.76 Å². The molecule has 0 saturated carbocycles. The van der Waals surface area contributed by atoms with E-state index in [1.807, 2.05) is 19.9 Å². The number of fused-ring (bicyclic) bond motifs is 1. The zero-order valence-corrected chi connectivity index (χ0v) is 30.8. The molecule has 1 N–H and O–H groups in total. The average molecular weight is 703 g/mol. The van der Waals surface area contributed by atoms with Gasteiger partial charge in [0.1, 0.15) is 6.10 Å². The van der Waals surface area contributed by atoms with E-state index >= 15 is 0 Å². The first-order valence-corrected chi connectivity index (χ1v) is 17.2. The summed E-state index contributed by atoms with van der Waals surface area (Å²) < 4.78 is 60.6. The van der Waals surface area contributed by atoms with Crippen LogP contribution in [0.15, 0.2) is 76.6 Å². The van der Waals surface area contributed by atoms with Crippen LogP contribution in [0.5, 0.6) is 0 Å². The first-order chi connectivity index (χ1) is 23.2. The van der Waals surface area contributed by atoms with Gasteiger partial charge in [-0.15, -0.1) is 0 Å². The van der Waals surface area contributed by atoms with Crippen LogP contribution in [0, 0.1) is 22.7 Å². The SMILES string of the molecule is CO[C@](C(=O)O[C@@H]1CC/C(C)=C/CC/C(C)=C/C[C@]2(C)C(=O)C(O)=C([C@H](C)COC(=O)C(C)(C)C)[C@H]2C/C=C/1C)(c1ccccc1)C(F)(F)F. The quantitative estimate of drug-likeness (QED) is 0.223. The van der Waals surface area contributed by atoms with Crippen LogP contribution in [-0.4, -0.2) is 48.8 Å². The van der Waals surface area contributed by atoms with Gasteiger partial charge in [0.05, 0.1) is 12.0 Å². The Morgan fingerprint density at radius 2 is 1.60 bits per heavy atom. The van der Waals surface area contributed by atoms with Crippen molar-refractivity contribution in [2.45, 2.75) is 112 Å². The average Bonchev–Trinajstić information content (AvgIpc) is 3.23. The van der Waals surface area contributed by atoms with E-state index in [4.69, 9.17) is 14.2 Å². The molecular weight excluding hydrogens is 649 g/mol. The minimum absolute atomic E-state index is 0.0475. The molecule has 276 valence electrons. The highest BCUT2D eigenvalue weighted by atomic mass is 19.4. The van der Waals surface area contributed by atoms with Gasteiger partial charge in [-0.2, -0.15) is 13.2 Å². The van der Waals surface area contributed by atoms with E-state index in [1.54, 1.807) is 53.7 Å². The fraction of sp³-hybridized carbons (Fsp3) is 0.575. The summed E-state index contributed by atoms with van der Waals surface area (Å²) in [6, 6.07) is 6.69. The van der Waals surface area contributed by atoms with Gasteiger partial charge in [0.25, 0.3) is 5.60 Å². The van der Waals surface area contributed by atoms with Crippen LogP contribution >= 0.6 is 0 Å². The van der Waals surface area contributed by atoms with E-state index in [0.29, 0.717) is 30.4 Å². The lowest BCUT2D eigenvalue weighted by Crippen LogP contribution is -2.52. The number of hydrogen-bond acceptors (Lipinski definition) is 7. The van der Waals surface area contributed by atoms with Crippen molar-refractivity contribution >= 4 is 17.7 Å². The summed E-state index contributed by atoms with van der Waals surface area (Å²) in [5, 5.41) is 11.3. The standard InChI is InChI=1S/C40H53F3O7/c1-25-14-13-15-26(2)22-23-38(8)30(32(33(44)34(38)45)28(4)24-49-35(46)37(5,6)7)20-19-27(3)31(21-18-25)50-36(47)39(48-9,40(41,42)43)29-16-11-10-12-17-29/h10-12,14,16-17,19,22,28,30-31,44H,13,15,18,20-21,23-24H2,1-9H3/b25-14+,26-22+,27-19+/t28-,30-,31-,38+,39+/m1/s1. The van der Waals surface area contributed by atoms with E-state index < -0.39 is 63.8 Å². The monoisotopic (exact) mass is 702 g/mol. The Kier molecular flexibility index (Phi) is 13.2. The van der Waals surface area contributed by atoms with Gasteiger partial charge in [0, 0.05) is 29.9 Å². The van der Waals surface area contributed by atoms with Crippen molar-refractivity contribution in [2.24, 2.45) is 22.7 Å². The Bertz CT molecular complexity index is 1530. The molecule has 5 atom stereocenters. The summed E-state index contributed by atoms with van der Waals surface area (Å²) in [5.74, 6) is -3.79. The fourth-order valence-electron chi connectivity index (χ4n) is 6.68. The third-order valence-corrected chi connectivity index (χ3v) is 10.1. The zero-order chi connectivity index (χ0) is 37.7. The van der Waals surface area contributed by atoms with Gasteiger partial charge in [-0.05, 0) is 91.2 Å². The predicted octanol–water partition coefficient (Wildman–Crippen LogP) is 9.44. The summed E-state index contributed by atoms with van der Waals surface area (Å²) in [4.78, 5) is 40.1. The fourth-order valence-corrected chi connectivity index (χ4v) is 6.68. The van der Waals surface area contributed by atoms with E-state index in [2.05, 4.69) is 6.08 Å². The molecule has 0 heterocycles. The van der Waals surface area contributed by atoms with Crippen LogP contribution in [0.2, 0.25) is 0 Å². The van der Waals surface area contributed by atoms with Crippen LogP contribution < -0.4 is 0 Å². The molecule has 1 aromatic rings. The van der Waals surface area contributed by atoms with Crippen molar-refractivity contribution < 1.29 is 46.9 Å². The molecule has 0 radical (unpaired) electrons. The number of carbonyl (C=O) groups excluding carboxylic acids is 3. The molecule has 3 rings (SSSR count). The first-order valence-electron chi connectivity index (χ1n) is 17.2. The maximum absolute atomic E-state index is 14.8. The number of Topliss-reactive ketones (excluding diaryl/α,β-unsaturated/α-hetero) is 1. The Balaban J connectivity index is 2.08. The van der Waals surface area contributed by atoms with Crippen molar-refractivity contribution in [1.82, 2.24) is 0 Å². The Hall–Kier alpha value is -3.66. The Morgan fingerprint density at radius 1 is 0.980 bits per heavy atom. The summed E-state index contributed by atoms with van der Waals surface area (Å²) >= 11 is 0. The van der Waals surface area contributed by atoms with Gasteiger partial charge in [-0.25, -0.2) is 4.79 Å². The van der Waals surface area contributed by atoms with Crippen molar-refractivity contribution in [3.05, 3.63) is 82.2 Å². The number of ketones is 1. The molecule has 0 saturated heterocycles. The molecule has 1 aromatic carbocycles. The van der Waals surface area contributed by atoms with Gasteiger partial charge in [-0.1, -0.05) is 73.6 Å². The normalized spacial score (nSPS) is 27.9.